The van der Waals surface area contributed by atoms with Gasteiger partial charge in [-0.05, 0) is 26.0 Å². The minimum absolute atomic E-state index is 0.0239. The Morgan fingerprint density at radius 3 is 2.67 bits per heavy atom. The normalized spacial score (nSPS) is 13.0. The Kier molecular flexibility index (Phi) is 6.06. The first kappa shape index (κ1) is 17.7. The van der Waals surface area contributed by atoms with E-state index < -0.39 is 0 Å². The van der Waals surface area contributed by atoms with Crippen molar-refractivity contribution in [3.63, 3.8) is 0 Å². The number of amides is 2. The van der Waals surface area contributed by atoms with Crippen LogP contribution < -0.4 is 20.1 Å². The quantitative estimate of drug-likeness (QED) is 0.816. The van der Waals surface area contributed by atoms with Crippen molar-refractivity contribution < 1.29 is 14.3 Å². The Morgan fingerprint density at radius 2 is 2.04 bits per heavy atom. The van der Waals surface area contributed by atoms with Crippen molar-refractivity contribution in [3.8, 4) is 11.5 Å². The second-order valence-electron chi connectivity index (χ2n) is 5.61. The van der Waals surface area contributed by atoms with E-state index in [1.807, 2.05) is 36.7 Å². The van der Waals surface area contributed by atoms with Crippen molar-refractivity contribution in [1.82, 2.24) is 20.2 Å². The SMILES string of the molecule is COc1ccc([C@@H](C)NC(=O)N[C@H](C)Cn2ccnc2)c(OC)c1. The number of carbonyl (C=O) groups is 1. The van der Waals surface area contributed by atoms with Gasteiger partial charge in [0, 0.05) is 36.6 Å². The zero-order valence-electron chi connectivity index (χ0n) is 14.4. The second kappa shape index (κ2) is 8.24. The van der Waals surface area contributed by atoms with E-state index in [9.17, 15) is 4.79 Å². The number of ether oxygens (including phenoxy) is 2. The fourth-order valence-electron chi connectivity index (χ4n) is 2.47. The van der Waals surface area contributed by atoms with Gasteiger partial charge in [-0.15, -0.1) is 0 Å². The molecule has 2 rings (SSSR count). The Morgan fingerprint density at radius 1 is 1.25 bits per heavy atom. The maximum Gasteiger partial charge on any atom is 0.315 e. The highest BCUT2D eigenvalue weighted by Gasteiger charge is 2.16. The topological polar surface area (TPSA) is 77.4 Å². The molecule has 24 heavy (non-hydrogen) atoms. The highest BCUT2D eigenvalue weighted by Crippen LogP contribution is 2.29. The Balaban J connectivity index is 1.93. The zero-order valence-corrected chi connectivity index (χ0v) is 14.4. The number of benzene rings is 1. The average Bonchev–Trinajstić information content (AvgIpc) is 3.06. The van der Waals surface area contributed by atoms with Gasteiger partial charge in [-0.25, -0.2) is 9.78 Å². The Bertz CT molecular complexity index is 658. The third-order valence-electron chi connectivity index (χ3n) is 3.68. The summed E-state index contributed by atoms with van der Waals surface area (Å²) < 4.78 is 12.5. The van der Waals surface area contributed by atoms with E-state index in [4.69, 9.17) is 9.47 Å². The van der Waals surface area contributed by atoms with Gasteiger partial charge in [0.15, 0.2) is 0 Å². The lowest BCUT2D eigenvalue weighted by molar-refractivity contribution is 0.233. The maximum atomic E-state index is 12.2. The minimum Gasteiger partial charge on any atom is -0.497 e. The van der Waals surface area contributed by atoms with Crippen LogP contribution in [0, 0.1) is 0 Å². The van der Waals surface area contributed by atoms with Crippen LogP contribution in [0.2, 0.25) is 0 Å². The molecular formula is C17H24N4O3. The lowest BCUT2D eigenvalue weighted by Gasteiger charge is -2.20. The van der Waals surface area contributed by atoms with Crippen LogP contribution in [0.4, 0.5) is 4.79 Å². The van der Waals surface area contributed by atoms with Crippen LogP contribution in [0.1, 0.15) is 25.5 Å². The molecule has 0 aliphatic heterocycles. The molecule has 2 atom stereocenters. The summed E-state index contributed by atoms with van der Waals surface area (Å²) in [4.78, 5) is 16.2. The van der Waals surface area contributed by atoms with Gasteiger partial charge in [0.05, 0.1) is 26.6 Å². The van der Waals surface area contributed by atoms with E-state index in [1.165, 1.54) is 0 Å². The molecule has 7 heteroatoms. The number of imidazole rings is 1. The Hall–Kier alpha value is -2.70. The van der Waals surface area contributed by atoms with Gasteiger partial charge in [0.1, 0.15) is 11.5 Å². The fourth-order valence-corrected chi connectivity index (χ4v) is 2.47. The first-order valence-electron chi connectivity index (χ1n) is 7.78. The van der Waals surface area contributed by atoms with Crippen LogP contribution >= 0.6 is 0 Å². The van der Waals surface area contributed by atoms with Crippen molar-refractivity contribution in [2.45, 2.75) is 32.5 Å². The Labute approximate surface area is 142 Å². The summed E-state index contributed by atoms with van der Waals surface area (Å²) in [7, 11) is 3.20. The summed E-state index contributed by atoms with van der Waals surface area (Å²) in [5.41, 5.74) is 0.885. The maximum absolute atomic E-state index is 12.2. The highest BCUT2D eigenvalue weighted by atomic mass is 16.5. The lowest BCUT2D eigenvalue weighted by Crippen LogP contribution is -2.43. The molecule has 1 aromatic heterocycles. The van der Waals surface area contributed by atoms with Crippen molar-refractivity contribution >= 4 is 6.03 Å². The first-order valence-corrected chi connectivity index (χ1v) is 7.78. The van der Waals surface area contributed by atoms with Gasteiger partial charge in [0.2, 0.25) is 0 Å². The van der Waals surface area contributed by atoms with Gasteiger partial charge >= 0.3 is 6.03 Å². The summed E-state index contributed by atoms with van der Waals surface area (Å²) in [5, 5.41) is 5.84. The number of nitrogens with one attached hydrogen (secondary N) is 2. The molecule has 0 radical (unpaired) electrons. The smallest absolute Gasteiger partial charge is 0.315 e. The minimum atomic E-state index is -0.229. The summed E-state index contributed by atoms with van der Waals surface area (Å²) in [6.07, 6.45) is 5.30. The van der Waals surface area contributed by atoms with Crippen LogP contribution in [0.15, 0.2) is 36.9 Å². The van der Waals surface area contributed by atoms with Crippen molar-refractivity contribution in [3.05, 3.63) is 42.5 Å². The van der Waals surface area contributed by atoms with E-state index in [-0.39, 0.29) is 18.1 Å². The number of methoxy groups -OCH3 is 2. The van der Waals surface area contributed by atoms with E-state index >= 15 is 0 Å². The predicted molar refractivity (Wildman–Crippen MR) is 91.3 cm³/mol. The molecule has 0 spiro atoms. The molecule has 2 N–H and O–H groups in total. The summed E-state index contributed by atoms with van der Waals surface area (Å²) in [6, 6.07) is 5.07. The van der Waals surface area contributed by atoms with E-state index in [0.29, 0.717) is 18.0 Å². The standard InChI is InChI=1S/C17H24N4O3/c1-12(10-21-8-7-18-11-21)19-17(22)20-13(2)15-6-5-14(23-3)9-16(15)24-4/h5-9,11-13H,10H2,1-4H3,(H2,19,20,22)/t12-,13-/m1/s1. The third-order valence-corrected chi connectivity index (χ3v) is 3.68. The predicted octanol–water partition coefficient (Wildman–Crippen LogP) is 2.35. The third kappa shape index (κ3) is 4.65. The van der Waals surface area contributed by atoms with Crippen molar-refractivity contribution in [2.24, 2.45) is 0 Å². The number of aromatic nitrogens is 2. The number of hydrogen-bond donors (Lipinski definition) is 2. The number of carbonyl (C=O) groups excluding carboxylic acids is 1. The molecule has 0 saturated carbocycles. The molecule has 130 valence electrons. The number of hydrogen-bond acceptors (Lipinski definition) is 4. The van der Waals surface area contributed by atoms with Crippen LogP contribution in [0.3, 0.4) is 0 Å². The molecule has 2 aromatic rings. The molecule has 2 amide bonds. The van der Waals surface area contributed by atoms with Crippen LogP contribution in [-0.2, 0) is 6.54 Å². The first-order chi connectivity index (χ1) is 11.5. The summed E-state index contributed by atoms with van der Waals surface area (Å²) in [5.74, 6) is 1.38. The molecule has 0 aliphatic rings. The molecule has 7 nitrogen and oxygen atoms in total. The highest BCUT2D eigenvalue weighted by molar-refractivity contribution is 5.74. The van der Waals surface area contributed by atoms with Gasteiger partial charge in [-0.1, -0.05) is 0 Å². The zero-order chi connectivity index (χ0) is 17.5. The average molecular weight is 332 g/mol. The second-order valence-corrected chi connectivity index (χ2v) is 5.61. The van der Waals surface area contributed by atoms with Gasteiger partial charge < -0.3 is 24.7 Å². The number of urea groups is 1. The van der Waals surface area contributed by atoms with Gasteiger partial charge in [-0.2, -0.15) is 0 Å². The molecule has 1 aromatic carbocycles. The molecule has 0 aliphatic carbocycles. The molecule has 0 fully saturated rings. The van der Waals surface area contributed by atoms with Crippen LogP contribution in [0.5, 0.6) is 11.5 Å². The van der Waals surface area contributed by atoms with Gasteiger partial charge in [-0.3, -0.25) is 0 Å². The van der Waals surface area contributed by atoms with E-state index in [2.05, 4.69) is 15.6 Å². The molecular weight excluding hydrogens is 308 g/mol. The van der Waals surface area contributed by atoms with Crippen molar-refractivity contribution in [1.29, 1.82) is 0 Å². The summed E-state index contributed by atoms with van der Waals surface area (Å²) >= 11 is 0. The van der Waals surface area contributed by atoms with E-state index in [0.717, 1.165) is 5.56 Å². The fraction of sp³-hybridized carbons (Fsp3) is 0.412. The molecule has 0 saturated heterocycles. The van der Waals surface area contributed by atoms with E-state index in [1.54, 1.807) is 32.8 Å². The molecule has 0 bridgehead atoms. The van der Waals surface area contributed by atoms with Crippen LogP contribution in [0.25, 0.3) is 0 Å². The monoisotopic (exact) mass is 332 g/mol. The molecule has 0 unspecified atom stereocenters. The van der Waals surface area contributed by atoms with Gasteiger partial charge in [0.25, 0.3) is 0 Å². The largest absolute Gasteiger partial charge is 0.497 e. The summed E-state index contributed by atoms with van der Waals surface area (Å²) in [6.45, 7) is 4.51. The lowest BCUT2D eigenvalue weighted by atomic mass is 10.1. The van der Waals surface area contributed by atoms with Crippen LogP contribution in [-0.4, -0.2) is 35.8 Å². The number of rotatable bonds is 7. The molecule has 1 heterocycles. The van der Waals surface area contributed by atoms with Crippen molar-refractivity contribution in [2.75, 3.05) is 14.2 Å². The number of nitrogens with zero attached hydrogens (tertiary/aromatic N) is 2.